The number of ketones is 1. The monoisotopic (exact) mass is 591 g/mol. The summed E-state index contributed by atoms with van der Waals surface area (Å²) < 4.78 is 5.96. The Morgan fingerprint density at radius 3 is 1.44 bits per heavy atom. The SMILES string of the molecule is CC(C)(C)OC(=O)C(C(=O)CCCN1C(=O)c2ccccc2C1=O)=P(c1ccccc1)(c1ccccc1)c1ccccc1. The number of fused-ring (bicyclic) bond motifs is 1. The minimum absolute atomic E-state index is 0.0454. The normalized spacial score (nSPS) is 13.0. The summed E-state index contributed by atoms with van der Waals surface area (Å²) >= 11 is 0. The lowest BCUT2D eigenvalue weighted by Gasteiger charge is -2.32. The summed E-state index contributed by atoms with van der Waals surface area (Å²) in [5.74, 6) is -1.77. The lowest BCUT2D eigenvalue weighted by Crippen LogP contribution is -2.41. The van der Waals surface area contributed by atoms with Crippen molar-refractivity contribution in [2.75, 3.05) is 6.54 Å². The summed E-state index contributed by atoms with van der Waals surface area (Å²) in [7, 11) is 0. The fourth-order valence-electron chi connectivity index (χ4n) is 5.51. The van der Waals surface area contributed by atoms with Crippen molar-refractivity contribution in [3.05, 3.63) is 126 Å². The van der Waals surface area contributed by atoms with Crippen molar-refractivity contribution in [2.24, 2.45) is 0 Å². The van der Waals surface area contributed by atoms with Crippen LogP contribution in [0, 0.1) is 0 Å². The third-order valence-electron chi connectivity index (χ3n) is 7.29. The molecular weight excluding hydrogens is 557 g/mol. The molecule has 0 spiro atoms. The third-order valence-corrected chi connectivity index (χ3v) is 11.6. The van der Waals surface area contributed by atoms with E-state index in [0.29, 0.717) is 11.1 Å². The van der Waals surface area contributed by atoms with Crippen LogP contribution in [-0.4, -0.2) is 45.9 Å². The molecule has 1 aliphatic heterocycles. The van der Waals surface area contributed by atoms with Crippen LogP contribution in [0.3, 0.4) is 0 Å². The molecule has 0 saturated heterocycles. The summed E-state index contributed by atoms with van der Waals surface area (Å²) in [5.41, 5.74) is -0.119. The minimum Gasteiger partial charge on any atom is -0.456 e. The van der Waals surface area contributed by atoms with Crippen LogP contribution in [0.25, 0.3) is 0 Å². The molecule has 1 heterocycles. The van der Waals surface area contributed by atoms with Gasteiger partial charge in [0.05, 0.1) is 11.1 Å². The van der Waals surface area contributed by atoms with Gasteiger partial charge in [0, 0.05) is 13.0 Å². The molecule has 4 aromatic rings. The molecule has 0 unspecified atom stereocenters. The van der Waals surface area contributed by atoms with E-state index in [4.69, 9.17) is 4.74 Å². The number of esters is 1. The second-order valence-corrected chi connectivity index (χ2v) is 14.7. The van der Waals surface area contributed by atoms with Gasteiger partial charge in [-0.25, -0.2) is 4.79 Å². The fraction of sp³-hybridized carbons (Fsp3) is 0.194. The zero-order valence-electron chi connectivity index (χ0n) is 24.5. The molecule has 1 aliphatic rings. The van der Waals surface area contributed by atoms with Crippen molar-refractivity contribution in [2.45, 2.75) is 39.2 Å². The molecule has 0 aromatic heterocycles. The van der Waals surface area contributed by atoms with Crippen LogP contribution in [0.4, 0.5) is 0 Å². The maximum absolute atomic E-state index is 14.5. The fourth-order valence-corrected chi connectivity index (χ4v) is 9.84. The molecule has 2 amide bonds. The zero-order valence-corrected chi connectivity index (χ0v) is 25.4. The number of carbonyl (C=O) groups excluding carboxylic acids is 4. The Bertz CT molecular complexity index is 1590. The largest absolute Gasteiger partial charge is 0.456 e. The van der Waals surface area contributed by atoms with Gasteiger partial charge in [-0.15, -0.1) is 0 Å². The van der Waals surface area contributed by atoms with Crippen molar-refractivity contribution >= 4 is 51.7 Å². The van der Waals surface area contributed by atoms with Crippen LogP contribution in [0.5, 0.6) is 0 Å². The molecule has 0 atom stereocenters. The average molecular weight is 592 g/mol. The summed E-state index contributed by atoms with van der Waals surface area (Å²) in [6.07, 6.45) is 0.158. The number of rotatable bonds is 9. The Balaban J connectivity index is 1.66. The van der Waals surface area contributed by atoms with E-state index in [2.05, 4.69) is 0 Å². The van der Waals surface area contributed by atoms with Gasteiger partial charge in [0.1, 0.15) is 10.9 Å². The van der Waals surface area contributed by atoms with Crippen LogP contribution in [-0.2, 0) is 14.3 Å². The number of amides is 2. The number of imide groups is 1. The van der Waals surface area contributed by atoms with Gasteiger partial charge in [0.15, 0.2) is 5.78 Å². The third kappa shape index (κ3) is 5.89. The first-order chi connectivity index (χ1) is 20.6. The number of hydrogen-bond acceptors (Lipinski definition) is 5. The highest BCUT2D eigenvalue weighted by atomic mass is 31.2. The molecule has 4 aromatic carbocycles. The van der Waals surface area contributed by atoms with E-state index in [0.717, 1.165) is 15.9 Å². The van der Waals surface area contributed by atoms with E-state index in [-0.39, 0.29) is 42.3 Å². The standard InChI is InChI=1S/C36H34NO5P/c1-36(2,3)42-35(41)32(31(38)24-15-25-37-33(39)29-22-13-14-23-30(29)34(37)40)43(26-16-7-4-8-17-26,27-18-9-5-10-19-27)28-20-11-6-12-21-28/h4-14,16-23H,15,24-25H2,1-3H3. The molecule has 0 N–H and O–H groups in total. The Morgan fingerprint density at radius 1 is 0.651 bits per heavy atom. The van der Waals surface area contributed by atoms with E-state index < -0.39 is 18.5 Å². The molecular formula is C36H34NO5P. The summed E-state index contributed by atoms with van der Waals surface area (Å²) in [6.45, 7) is 2.35. The molecule has 218 valence electrons. The van der Waals surface area contributed by atoms with Crippen molar-refractivity contribution in [3.8, 4) is 0 Å². The van der Waals surface area contributed by atoms with Gasteiger partial charge >= 0.3 is 5.97 Å². The predicted octanol–water partition coefficient (Wildman–Crippen LogP) is 5.14. The van der Waals surface area contributed by atoms with Crippen molar-refractivity contribution < 1.29 is 23.9 Å². The smallest absolute Gasteiger partial charge is 0.343 e. The molecule has 0 fully saturated rings. The van der Waals surface area contributed by atoms with E-state index in [1.807, 2.05) is 91.0 Å². The Hall–Kier alpha value is -4.54. The predicted molar refractivity (Wildman–Crippen MR) is 172 cm³/mol. The van der Waals surface area contributed by atoms with Gasteiger partial charge < -0.3 is 4.74 Å². The van der Waals surface area contributed by atoms with E-state index in [1.165, 1.54) is 4.90 Å². The quantitative estimate of drug-likeness (QED) is 0.117. The Labute approximate surface area is 252 Å². The van der Waals surface area contributed by atoms with Crippen LogP contribution in [0.1, 0.15) is 54.3 Å². The number of benzene rings is 4. The van der Waals surface area contributed by atoms with Gasteiger partial charge in [-0.3, -0.25) is 19.3 Å². The zero-order chi connectivity index (χ0) is 30.6. The maximum Gasteiger partial charge on any atom is 0.343 e. The van der Waals surface area contributed by atoms with Gasteiger partial charge in [-0.1, -0.05) is 103 Å². The number of nitrogens with zero attached hydrogens (tertiary/aromatic N) is 1. The minimum atomic E-state index is -3.05. The highest BCUT2D eigenvalue weighted by Gasteiger charge is 2.39. The Kier molecular flexibility index (Phi) is 8.61. The van der Waals surface area contributed by atoms with Crippen LogP contribution in [0.15, 0.2) is 115 Å². The van der Waals surface area contributed by atoms with Gasteiger partial charge in [0.2, 0.25) is 0 Å². The van der Waals surface area contributed by atoms with Gasteiger partial charge in [-0.2, -0.15) is 0 Å². The topological polar surface area (TPSA) is 80.8 Å². The number of hydrogen-bond donors (Lipinski definition) is 0. The number of Topliss-reactive ketones (excluding diaryl/α,β-unsaturated/α-hetero) is 1. The van der Waals surface area contributed by atoms with Crippen molar-refractivity contribution in [3.63, 3.8) is 0 Å². The molecule has 0 bridgehead atoms. The van der Waals surface area contributed by atoms with Crippen LogP contribution >= 0.6 is 6.89 Å². The molecule has 0 radical (unpaired) electrons. The highest BCUT2D eigenvalue weighted by molar-refractivity contribution is 7.97. The van der Waals surface area contributed by atoms with Crippen molar-refractivity contribution in [1.82, 2.24) is 4.90 Å². The van der Waals surface area contributed by atoms with Gasteiger partial charge in [-0.05, 0) is 62.1 Å². The summed E-state index contributed by atoms with van der Waals surface area (Å²) in [4.78, 5) is 55.8. The van der Waals surface area contributed by atoms with E-state index >= 15 is 0 Å². The lowest BCUT2D eigenvalue weighted by atomic mass is 10.1. The van der Waals surface area contributed by atoms with E-state index in [9.17, 15) is 19.2 Å². The van der Waals surface area contributed by atoms with E-state index in [1.54, 1.807) is 45.0 Å². The summed E-state index contributed by atoms with van der Waals surface area (Å²) in [6, 6.07) is 35.7. The average Bonchev–Trinajstić information content (AvgIpc) is 3.25. The van der Waals surface area contributed by atoms with Crippen molar-refractivity contribution in [1.29, 1.82) is 0 Å². The first kappa shape index (κ1) is 29.9. The number of carbonyl (C=O) groups is 4. The first-order valence-corrected chi connectivity index (χ1v) is 16.1. The molecule has 7 heteroatoms. The number of ether oxygens (including phenoxy) is 1. The molecule has 6 nitrogen and oxygen atoms in total. The second-order valence-electron chi connectivity index (χ2n) is 11.4. The molecule has 43 heavy (non-hydrogen) atoms. The van der Waals surface area contributed by atoms with Crippen LogP contribution < -0.4 is 15.9 Å². The van der Waals surface area contributed by atoms with Gasteiger partial charge in [0.25, 0.3) is 11.8 Å². The first-order valence-electron chi connectivity index (χ1n) is 14.3. The molecule has 0 aliphatic carbocycles. The lowest BCUT2D eigenvalue weighted by molar-refractivity contribution is -0.146. The second kappa shape index (κ2) is 12.4. The highest BCUT2D eigenvalue weighted by Crippen LogP contribution is 2.47. The molecule has 5 rings (SSSR count). The summed E-state index contributed by atoms with van der Waals surface area (Å²) in [5, 5.41) is 2.64. The molecule has 0 saturated carbocycles. The van der Waals surface area contributed by atoms with Crippen LogP contribution in [0.2, 0.25) is 0 Å². The Morgan fingerprint density at radius 2 is 1.05 bits per heavy atom. The maximum atomic E-state index is 14.5.